The second-order valence-corrected chi connectivity index (χ2v) is 10.4. The largest absolute Gasteiger partial charge is 0.307 e. The van der Waals surface area contributed by atoms with Gasteiger partial charge in [-0.1, -0.05) is 48.0 Å². The number of carbonyl (C=O) groups excluding carboxylic acids is 1. The van der Waals surface area contributed by atoms with E-state index in [0.29, 0.717) is 5.69 Å². The molecule has 0 bridgehead atoms. The zero-order valence-corrected chi connectivity index (χ0v) is 19.7. The summed E-state index contributed by atoms with van der Waals surface area (Å²) in [6.07, 6.45) is 0.760. The van der Waals surface area contributed by atoms with Gasteiger partial charge in [0.25, 0.3) is 10.0 Å². The van der Waals surface area contributed by atoms with Crippen LogP contribution in [0.4, 0.5) is 11.4 Å². The Hall–Kier alpha value is -3.12. The summed E-state index contributed by atoms with van der Waals surface area (Å²) in [5, 5.41) is 0. The number of benzene rings is 3. The van der Waals surface area contributed by atoms with Crippen molar-refractivity contribution in [1.82, 2.24) is 0 Å². The van der Waals surface area contributed by atoms with Crippen LogP contribution in [0.2, 0.25) is 0 Å². The average Bonchev–Trinajstić information content (AvgIpc) is 3.10. The molecular weight excluding hydrogens is 420 g/mol. The maximum absolute atomic E-state index is 13.7. The Morgan fingerprint density at radius 1 is 0.969 bits per heavy atom. The average molecular weight is 449 g/mol. The van der Waals surface area contributed by atoms with Crippen molar-refractivity contribution in [2.45, 2.75) is 45.1 Å². The number of hydrogen-bond acceptors (Lipinski definition) is 3. The molecule has 0 unspecified atom stereocenters. The van der Waals surface area contributed by atoms with E-state index in [0.717, 1.165) is 34.4 Å². The molecule has 1 heterocycles. The van der Waals surface area contributed by atoms with Gasteiger partial charge in [-0.3, -0.25) is 9.10 Å². The van der Waals surface area contributed by atoms with Gasteiger partial charge in [0.15, 0.2) is 0 Å². The van der Waals surface area contributed by atoms with Gasteiger partial charge in [-0.05, 0) is 75.1 Å². The second kappa shape index (κ2) is 8.43. The summed E-state index contributed by atoms with van der Waals surface area (Å²) in [6.45, 7) is 7.47. The van der Waals surface area contributed by atoms with Crippen LogP contribution >= 0.6 is 0 Å². The maximum atomic E-state index is 13.7. The van der Waals surface area contributed by atoms with Gasteiger partial charge in [0, 0.05) is 11.7 Å². The van der Waals surface area contributed by atoms with E-state index in [4.69, 9.17) is 0 Å². The van der Waals surface area contributed by atoms with Crippen molar-refractivity contribution >= 4 is 27.3 Å². The maximum Gasteiger partial charge on any atom is 0.264 e. The van der Waals surface area contributed by atoms with Gasteiger partial charge >= 0.3 is 0 Å². The molecule has 1 atom stereocenters. The number of hydrogen-bond donors (Lipinski definition) is 0. The van der Waals surface area contributed by atoms with Gasteiger partial charge in [0.05, 0.1) is 10.6 Å². The van der Waals surface area contributed by atoms with Crippen molar-refractivity contribution in [2.75, 3.05) is 15.7 Å². The molecule has 0 aliphatic carbocycles. The van der Waals surface area contributed by atoms with E-state index in [1.807, 2.05) is 64.1 Å². The summed E-state index contributed by atoms with van der Waals surface area (Å²) >= 11 is 0. The standard InChI is InChI=1S/C26H28N2O3S/c1-18-12-14-23(15-13-18)32(30,31)27(24-11-7-8-19(2)21(24)4)17-26(29)28-20(3)16-22-9-5-6-10-25(22)28/h5-15,20H,16-17H2,1-4H3/t20-/m1/s1. The minimum absolute atomic E-state index is 0.0255. The smallest absolute Gasteiger partial charge is 0.264 e. The molecule has 0 radical (unpaired) electrons. The fourth-order valence-electron chi connectivity index (χ4n) is 4.29. The van der Waals surface area contributed by atoms with E-state index < -0.39 is 10.0 Å². The molecule has 0 N–H and O–H groups in total. The van der Waals surface area contributed by atoms with Crippen LogP contribution in [0.3, 0.4) is 0 Å². The zero-order chi connectivity index (χ0) is 23.0. The lowest BCUT2D eigenvalue weighted by Crippen LogP contribution is -2.45. The van der Waals surface area contributed by atoms with Crippen molar-refractivity contribution in [3.8, 4) is 0 Å². The number of nitrogens with zero attached hydrogens (tertiary/aromatic N) is 2. The SMILES string of the molecule is Cc1ccc(S(=O)(=O)N(CC(=O)N2c3ccccc3C[C@H]2C)c2cccc(C)c2C)cc1. The van der Waals surface area contributed by atoms with Crippen molar-refractivity contribution in [1.29, 1.82) is 0 Å². The van der Waals surface area contributed by atoms with Crippen LogP contribution in [0.5, 0.6) is 0 Å². The molecule has 1 aliphatic rings. The Labute approximate surface area is 190 Å². The van der Waals surface area contributed by atoms with Gasteiger partial charge in [0.2, 0.25) is 5.91 Å². The minimum Gasteiger partial charge on any atom is -0.307 e. The number of anilines is 2. The van der Waals surface area contributed by atoms with Crippen LogP contribution in [-0.4, -0.2) is 26.9 Å². The summed E-state index contributed by atoms with van der Waals surface area (Å²) in [4.78, 5) is 15.5. The zero-order valence-electron chi connectivity index (χ0n) is 18.9. The van der Waals surface area contributed by atoms with Crippen LogP contribution < -0.4 is 9.21 Å². The van der Waals surface area contributed by atoms with Gasteiger partial charge in [-0.2, -0.15) is 0 Å². The highest BCUT2D eigenvalue weighted by Gasteiger charge is 2.35. The molecule has 5 nitrogen and oxygen atoms in total. The van der Waals surface area contributed by atoms with Gasteiger partial charge in [-0.25, -0.2) is 8.42 Å². The molecule has 1 aliphatic heterocycles. The van der Waals surface area contributed by atoms with Crippen LogP contribution in [0.15, 0.2) is 71.6 Å². The first-order chi connectivity index (χ1) is 15.2. The van der Waals surface area contributed by atoms with E-state index in [-0.39, 0.29) is 23.4 Å². The summed E-state index contributed by atoms with van der Waals surface area (Å²) in [5.74, 6) is -0.237. The van der Waals surface area contributed by atoms with Gasteiger partial charge in [0.1, 0.15) is 6.54 Å². The third-order valence-corrected chi connectivity index (χ3v) is 7.98. The molecule has 1 amide bonds. The Morgan fingerprint density at radius 2 is 1.66 bits per heavy atom. The molecule has 3 aromatic carbocycles. The molecule has 0 spiro atoms. The number of carbonyl (C=O) groups is 1. The van der Waals surface area contributed by atoms with Crippen molar-refractivity contribution in [2.24, 2.45) is 0 Å². The monoisotopic (exact) mass is 448 g/mol. The first-order valence-corrected chi connectivity index (χ1v) is 12.2. The summed E-state index contributed by atoms with van der Waals surface area (Å²) in [5.41, 5.74) is 5.27. The number of rotatable bonds is 5. The molecule has 166 valence electrons. The summed E-state index contributed by atoms with van der Waals surface area (Å²) in [7, 11) is -3.94. The van der Waals surface area contributed by atoms with E-state index in [2.05, 4.69) is 0 Å². The first kappa shape index (κ1) is 22.1. The molecule has 0 aromatic heterocycles. The lowest BCUT2D eigenvalue weighted by atomic mass is 10.1. The fourth-order valence-corrected chi connectivity index (χ4v) is 5.76. The van der Waals surface area contributed by atoms with Crippen LogP contribution in [0.25, 0.3) is 0 Å². The van der Waals surface area contributed by atoms with Gasteiger partial charge in [-0.15, -0.1) is 0 Å². The number of sulfonamides is 1. The van der Waals surface area contributed by atoms with Crippen molar-refractivity contribution < 1.29 is 13.2 Å². The third kappa shape index (κ3) is 3.91. The normalized spacial score (nSPS) is 15.5. The predicted octanol–water partition coefficient (Wildman–Crippen LogP) is 4.78. The van der Waals surface area contributed by atoms with Crippen molar-refractivity contribution in [3.63, 3.8) is 0 Å². The Morgan fingerprint density at radius 3 is 2.38 bits per heavy atom. The quantitative estimate of drug-likeness (QED) is 0.564. The molecule has 4 rings (SSSR count). The highest BCUT2D eigenvalue weighted by atomic mass is 32.2. The summed E-state index contributed by atoms with van der Waals surface area (Å²) < 4.78 is 28.7. The predicted molar refractivity (Wildman–Crippen MR) is 129 cm³/mol. The topological polar surface area (TPSA) is 57.7 Å². The van der Waals surface area contributed by atoms with Crippen LogP contribution in [-0.2, 0) is 21.2 Å². The third-order valence-electron chi connectivity index (χ3n) is 6.21. The first-order valence-electron chi connectivity index (χ1n) is 10.8. The van der Waals surface area contributed by atoms with Crippen LogP contribution in [0, 0.1) is 20.8 Å². The highest BCUT2D eigenvalue weighted by Crippen LogP contribution is 2.34. The van der Waals surface area contributed by atoms with E-state index in [1.54, 1.807) is 35.2 Å². The Bertz CT molecular complexity index is 1270. The molecular formula is C26H28N2O3S. The molecule has 32 heavy (non-hydrogen) atoms. The van der Waals surface area contributed by atoms with E-state index in [9.17, 15) is 13.2 Å². The van der Waals surface area contributed by atoms with E-state index in [1.165, 1.54) is 4.31 Å². The van der Waals surface area contributed by atoms with E-state index >= 15 is 0 Å². The minimum atomic E-state index is -3.94. The lowest BCUT2D eigenvalue weighted by Gasteiger charge is -2.30. The van der Waals surface area contributed by atoms with Crippen LogP contribution in [0.1, 0.15) is 29.2 Å². The molecule has 0 saturated heterocycles. The molecule has 6 heteroatoms. The lowest BCUT2D eigenvalue weighted by molar-refractivity contribution is -0.117. The molecule has 0 saturated carbocycles. The second-order valence-electron chi connectivity index (χ2n) is 8.49. The number of para-hydroxylation sites is 1. The summed E-state index contributed by atoms with van der Waals surface area (Å²) in [6, 6.07) is 20.1. The van der Waals surface area contributed by atoms with Gasteiger partial charge < -0.3 is 4.90 Å². The number of fused-ring (bicyclic) bond motifs is 1. The fraction of sp³-hybridized carbons (Fsp3) is 0.269. The molecule has 3 aromatic rings. The molecule has 0 fully saturated rings. The number of amides is 1. The Balaban J connectivity index is 1.78. The highest BCUT2D eigenvalue weighted by molar-refractivity contribution is 7.92. The Kier molecular flexibility index (Phi) is 5.82. The number of aryl methyl sites for hydroxylation is 2. The van der Waals surface area contributed by atoms with Crippen molar-refractivity contribution in [3.05, 3.63) is 89.0 Å².